The second-order valence-corrected chi connectivity index (χ2v) is 12.2. The van der Waals surface area contributed by atoms with Gasteiger partial charge in [0, 0.05) is 24.6 Å². The van der Waals surface area contributed by atoms with Crippen molar-refractivity contribution in [1.29, 1.82) is 0 Å². The maximum Gasteiger partial charge on any atom is 0.333 e. The minimum absolute atomic E-state index is 0.0581. The standard InChI is InChI=1S/C22H26N6O8S2/c1-37(32,33)15-4-2-3-13(7-15)10-28-6-5-17(27-28)20(30)16-9-24-12-25-22(16)26-18-8-14(19(29)21(18)31)11-36-38(23,34)35/h2-7,9,12,14,18-19,21,29,31H,8,10-11H2,1H3,(H2,23,34,35)(H,24,25,26)/t14-,18-,19-,21+/m1/s1. The van der Waals surface area contributed by atoms with Crippen LogP contribution in [0, 0.1) is 5.92 Å². The fourth-order valence-electron chi connectivity index (χ4n) is 4.17. The Morgan fingerprint density at radius 1 is 1.21 bits per heavy atom. The summed E-state index contributed by atoms with van der Waals surface area (Å²) in [7, 11) is -7.59. The van der Waals surface area contributed by atoms with Crippen LogP contribution in [0.2, 0.25) is 0 Å². The van der Waals surface area contributed by atoms with E-state index in [9.17, 15) is 31.8 Å². The molecule has 14 nitrogen and oxygen atoms in total. The van der Waals surface area contributed by atoms with Crippen molar-refractivity contribution in [3.63, 3.8) is 0 Å². The van der Waals surface area contributed by atoms with Crippen LogP contribution in [0.15, 0.2) is 53.9 Å². The molecule has 1 aromatic carbocycles. The fraction of sp³-hybridized carbons (Fsp3) is 0.364. The smallest absolute Gasteiger partial charge is 0.333 e. The van der Waals surface area contributed by atoms with Crippen LogP contribution >= 0.6 is 0 Å². The molecule has 1 saturated carbocycles. The van der Waals surface area contributed by atoms with Crippen LogP contribution in [-0.2, 0) is 30.9 Å². The number of hydrogen-bond acceptors (Lipinski definition) is 12. The summed E-state index contributed by atoms with van der Waals surface area (Å²) in [5.41, 5.74) is 0.812. The van der Waals surface area contributed by atoms with E-state index in [1.807, 2.05) is 0 Å². The van der Waals surface area contributed by atoms with Crippen molar-refractivity contribution in [2.75, 3.05) is 18.2 Å². The lowest BCUT2D eigenvalue weighted by molar-refractivity contribution is 0.00778. The number of nitrogens with two attached hydrogens (primary N) is 1. The van der Waals surface area contributed by atoms with E-state index < -0.39 is 56.7 Å². The van der Waals surface area contributed by atoms with Crippen LogP contribution in [-0.4, -0.2) is 83.7 Å². The zero-order valence-corrected chi connectivity index (χ0v) is 21.7. The van der Waals surface area contributed by atoms with Crippen molar-refractivity contribution in [3.8, 4) is 0 Å². The Balaban J connectivity index is 1.48. The second-order valence-electron chi connectivity index (χ2n) is 8.94. The molecule has 2 aromatic heterocycles. The number of aliphatic hydroxyl groups is 2. The van der Waals surface area contributed by atoms with E-state index in [-0.39, 0.29) is 34.9 Å². The zero-order valence-electron chi connectivity index (χ0n) is 20.1. The predicted octanol–water partition coefficient (Wildman–Crippen LogP) is -0.902. The Morgan fingerprint density at radius 2 is 1.97 bits per heavy atom. The number of aromatic nitrogens is 4. The molecule has 1 fully saturated rings. The summed E-state index contributed by atoms with van der Waals surface area (Å²) in [4.78, 5) is 21.4. The van der Waals surface area contributed by atoms with E-state index in [0.29, 0.717) is 5.56 Å². The van der Waals surface area contributed by atoms with E-state index in [1.54, 1.807) is 18.3 Å². The van der Waals surface area contributed by atoms with Gasteiger partial charge in [-0.05, 0) is 30.2 Å². The molecule has 0 saturated heterocycles. The van der Waals surface area contributed by atoms with Gasteiger partial charge in [0.05, 0.1) is 35.8 Å². The van der Waals surface area contributed by atoms with Crippen molar-refractivity contribution in [2.45, 2.75) is 36.1 Å². The number of anilines is 1. The third-order valence-corrected chi connectivity index (χ3v) is 7.65. The summed E-state index contributed by atoms with van der Waals surface area (Å²) in [6, 6.07) is 7.12. The Kier molecular flexibility index (Phi) is 7.91. The van der Waals surface area contributed by atoms with Gasteiger partial charge in [-0.3, -0.25) is 13.7 Å². The number of aliphatic hydroxyl groups excluding tert-OH is 2. The molecule has 4 atom stereocenters. The van der Waals surface area contributed by atoms with Gasteiger partial charge in [-0.1, -0.05) is 12.1 Å². The van der Waals surface area contributed by atoms with Crippen LogP contribution in [0.4, 0.5) is 5.82 Å². The topological polar surface area (TPSA) is 217 Å². The van der Waals surface area contributed by atoms with Crippen molar-refractivity contribution in [3.05, 3.63) is 65.9 Å². The Bertz CT molecular complexity index is 1540. The third-order valence-electron chi connectivity index (χ3n) is 6.07. The molecule has 1 aliphatic rings. The number of rotatable bonds is 10. The van der Waals surface area contributed by atoms with E-state index in [2.05, 4.69) is 24.6 Å². The molecule has 0 unspecified atom stereocenters. The van der Waals surface area contributed by atoms with Gasteiger partial charge in [0.15, 0.2) is 9.84 Å². The lowest BCUT2D eigenvalue weighted by Gasteiger charge is -2.19. The van der Waals surface area contributed by atoms with Gasteiger partial charge in [0.2, 0.25) is 5.78 Å². The first-order valence-corrected chi connectivity index (χ1v) is 14.6. The van der Waals surface area contributed by atoms with Crippen LogP contribution in [0.5, 0.6) is 0 Å². The summed E-state index contributed by atoms with van der Waals surface area (Å²) >= 11 is 0. The lowest BCUT2D eigenvalue weighted by Crippen LogP contribution is -2.36. The maximum absolute atomic E-state index is 13.2. The minimum atomic E-state index is -4.22. The molecule has 5 N–H and O–H groups in total. The number of ketones is 1. The van der Waals surface area contributed by atoms with Crippen LogP contribution in [0.3, 0.4) is 0 Å². The van der Waals surface area contributed by atoms with E-state index in [0.717, 1.165) is 6.26 Å². The number of carbonyl (C=O) groups is 1. The van der Waals surface area contributed by atoms with Gasteiger partial charge in [0.1, 0.15) is 23.9 Å². The molecule has 3 aromatic rings. The summed E-state index contributed by atoms with van der Waals surface area (Å²) in [6.45, 7) is -0.198. The molecular formula is C22H26N6O8S2. The van der Waals surface area contributed by atoms with Crippen LogP contribution < -0.4 is 10.5 Å². The molecular weight excluding hydrogens is 540 g/mol. The third kappa shape index (κ3) is 6.58. The van der Waals surface area contributed by atoms with Gasteiger partial charge in [0.25, 0.3) is 0 Å². The molecule has 1 aliphatic carbocycles. The SMILES string of the molecule is CS(=O)(=O)c1cccc(Cn2ccc(C(=O)c3cncnc3N[C@@H]3C[C@H](COS(N)(=O)=O)[C@@H](O)[C@H]3O)n2)c1. The number of nitrogens with zero attached hydrogens (tertiary/aromatic N) is 4. The summed E-state index contributed by atoms with van der Waals surface area (Å²) in [6.07, 6.45) is 2.68. The summed E-state index contributed by atoms with van der Waals surface area (Å²) < 4.78 is 51.8. The summed E-state index contributed by atoms with van der Waals surface area (Å²) in [5.74, 6) is -1.16. The van der Waals surface area contributed by atoms with Gasteiger partial charge < -0.3 is 15.5 Å². The molecule has 4 rings (SSSR count). The Hall–Kier alpha value is -3.28. The van der Waals surface area contributed by atoms with Gasteiger partial charge in [-0.2, -0.15) is 13.5 Å². The highest BCUT2D eigenvalue weighted by Crippen LogP contribution is 2.30. The first kappa shape index (κ1) is 27.7. The number of hydrogen-bond donors (Lipinski definition) is 4. The number of carbonyl (C=O) groups excluding carboxylic acids is 1. The number of sulfone groups is 1. The van der Waals surface area contributed by atoms with Crippen molar-refractivity contribution in [2.24, 2.45) is 11.1 Å². The molecule has 0 bridgehead atoms. The monoisotopic (exact) mass is 566 g/mol. The fourth-order valence-corrected chi connectivity index (χ4v) is 5.23. The average molecular weight is 567 g/mol. The van der Waals surface area contributed by atoms with Gasteiger partial charge >= 0.3 is 10.3 Å². The minimum Gasteiger partial charge on any atom is -0.390 e. The normalized spacial score (nSPS) is 21.9. The van der Waals surface area contributed by atoms with Crippen LogP contribution in [0.25, 0.3) is 0 Å². The molecule has 16 heteroatoms. The highest BCUT2D eigenvalue weighted by Gasteiger charge is 2.42. The first-order valence-electron chi connectivity index (χ1n) is 11.3. The molecule has 204 valence electrons. The van der Waals surface area contributed by atoms with Crippen molar-refractivity contribution in [1.82, 2.24) is 19.7 Å². The molecule has 2 heterocycles. The first-order chi connectivity index (χ1) is 17.8. The lowest BCUT2D eigenvalue weighted by atomic mass is 10.1. The molecule has 0 spiro atoms. The van der Waals surface area contributed by atoms with Crippen LogP contribution in [0.1, 0.15) is 28.0 Å². The second kappa shape index (κ2) is 10.8. The van der Waals surface area contributed by atoms with E-state index in [4.69, 9.17) is 5.14 Å². The molecule has 0 amide bonds. The van der Waals surface area contributed by atoms with Crippen molar-refractivity contribution >= 4 is 31.7 Å². The van der Waals surface area contributed by atoms with E-state index >= 15 is 0 Å². The van der Waals surface area contributed by atoms with E-state index in [1.165, 1.54) is 35.4 Å². The average Bonchev–Trinajstić information content (AvgIpc) is 3.42. The largest absolute Gasteiger partial charge is 0.390 e. The highest BCUT2D eigenvalue weighted by atomic mass is 32.2. The predicted molar refractivity (Wildman–Crippen MR) is 133 cm³/mol. The Labute approximate surface area is 218 Å². The van der Waals surface area contributed by atoms with Crippen molar-refractivity contribution < 1.29 is 36.0 Å². The molecule has 38 heavy (non-hydrogen) atoms. The molecule has 0 radical (unpaired) electrons. The number of nitrogens with one attached hydrogen (secondary N) is 1. The quantitative estimate of drug-likeness (QED) is 0.220. The Morgan fingerprint density at radius 3 is 2.68 bits per heavy atom. The summed E-state index contributed by atoms with van der Waals surface area (Å²) in [5, 5.41) is 32.8. The highest BCUT2D eigenvalue weighted by molar-refractivity contribution is 7.90. The maximum atomic E-state index is 13.2. The number of benzene rings is 1. The zero-order chi connectivity index (χ0) is 27.7. The molecule has 0 aliphatic heterocycles. The van der Waals surface area contributed by atoms with Gasteiger partial charge in [-0.25, -0.2) is 23.5 Å². The van der Waals surface area contributed by atoms with Gasteiger partial charge in [-0.15, -0.1) is 0 Å².